The number of nitrogens with one attached hydrogen (secondary N) is 1. The molecule has 8 heteroatoms. The molecular weight excluding hydrogens is 252 g/mol. The Hall–Kier alpha value is -2.64. The van der Waals surface area contributed by atoms with Gasteiger partial charge in [0.05, 0.1) is 12.2 Å². The first kappa shape index (κ1) is 12.8. The fraction of sp³-hybridized carbons (Fsp3) is 0.273. The normalized spacial score (nSPS) is 12.1. The number of aromatic carboxylic acids is 1. The second kappa shape index (κ2) is 4.92. The van der Waals surface area contributed by atoms with E-state index in [0.717, 1.165) is 11.6 Å². The molecule has 100 valence electrons. The third-order valence-electron chi connectivity index (χ3n) is 2.53. The Morgan fingerprint density at radius 2 is 2.26 bits per heavy atom. The molecule has 0 saturated heterocycles. The van der Waals surface area contributed by atoms with Gasteiger partial charge in [0, 0.05) is 24.9 Å². The van der Waals surface area contributed by atoms with Gasteiger partial charge in [0.1, 0.15) is 0 Å². The van der Waals surface area contributed by atoms with Crippen LogP contribution in [0.2, 0.25) is 0 Å². The SMILES string of the molecule is CC(NC(=O)c1cc(C(=O)O)on1)c1cnn(C)c1. The smallest absolute Gasteiger partial charge is 0.374 e. The Kier molecular flexibility index (Phi) is 3.32. The first-order valence-electron chi connectivity index (χ1n) is 5.47. The van der Waals surface area contributed by atoms with Crippen LogP contribution in [0.25, 0.3) is 0 Å². The molecule has 0 aromatic carbocycles. The predicted molar refractivity (Wildman–Crippen MR) is 62.6 cm³/mol. The van der Waals surface area contributed by atoms with Crippen molar-refractivity contribution >= 4 is 11.9 Å². The Morgan fingerprint density at radius 1 is 1.53 bits per heavy atom. The number of rotatable bonds is 4. The summed E-state index contributed by atoms with van der Waals surface area (Å²) in [5.41, 5.74) is 0.756. The summed E-state index contributed by atoms with van der Waals surface area (Å²) in [5.74, 6) is -2.15. The molecule has 1 unspecified atom stereocenters. The van der Waals surface area contributed by atoms with Gasteiger partial charge in [-0.3, -0.25) is 9.48 Å². The number of carbonyl (C=O) groups excluding carboxylic acids is 1. The van der Waals surface area contributed by atoms with Crippen molar-refractivity contribution in [1.82, 2.24) is 20.3 Å². The molecule has 0 aliphatic rings. The summed E-state index contributed by atoms with van der Waals surface area (Å²) in [6.07, 6.45) is 3.41. The highest BCUT2D eigenvalue weighted by molar-refractivity contribution is 5.94. The van der Waals surface area contributed by atoms with E-state index in [0.29, 0.717) is 0 Å². The number of aromatic nitrogens is 3. The molecule has 0 spiro atoms. The Bertz CT molecular complexity index is 616. The summed E-state index contributed by atoms with van der Waals surface area (Å²) < 4.78 is 6.13. The Morgan fingerprint density at radius 3 is 2.79 bits per heavy atom. The van der Waals surface area contributed by atoms with Crippen LogP contribution in [-0.2, 0) is 7.05 Å². The van der Waals surface area contributed by atoms with Crippen LogP contribution in [0.5, 0.6) is 0 Å². The van der Waals surface area contributed by atoms with Gasteiger partial charge in [0.2, 0.25) is 5.76 Å². The molecule has 0 fully saturated rings. The molecule has 0 radical (unpaired) electrons. The van der Waals surface area contributed by atoms with Gasteiger partial charge in [-0.25, -0.2) is 4.79 Å². The minimum atomic E-state index is -1.27. The van der Waals surface area contributed by atoms with E-state index in [9.17, 15) is 9.59 Å². The van der Waals surface area contributed by atoms with Gasteiger partial charge < -0.3 is 14.9 Å². The van der Waals surface area contributed by atoms with Gasteiger partial charge in [-0.2, -0.15) is 5.10 Å². The van der Waals surface area contributed by atoms with Crippen molar-refractivity contribution in [2.24, 2.45) is 7.05 Å². The maximum Gasteiger partial charge on any atom is 0.374 e. The van der Waals surface area contributed by atoms with Crippen molar-refractivity contribution < 1.29 is 19.2 Å². The molecule has 2 heterocycles. The van der Waals surface area contributed by atoms with Crippen LogP contribution >= 0.6 is 0 Å². The molecule has 1 amide bonds. The van der Waals surface area contributed by atoms with Crippen LogP contribution in [0.4, 0.5) is 0 Å². The maximum absolute atomic E-state index is 11.8. The van der Waals surface area contributed by atoms with Crippen molar-refractivity contribution in [2.45, 2.75) is 13.0 Å². The number of amides is 1. The van der Waals surface area contributed by atoms with Crippen molar-refractivity contribution in [1.29, 1.82) is 0 Å². The highest BCUT2D eigenvalue weighted by Crippen LogP contribution is 2.12. The molecule has 2 rings (SSSR count). The van der Waals surface area contributed by atoms with Gasteiger partial charge in [-0.05, 0) is 6.92 Å². The maximum atomic E-state index is 11.8. The van der Waals surface area contributed by atoms with Crippen LogP contribution < -0.4 is 5.32 Å². The van der Waals surface area contributed by atoms with Gasteiger partial charge in [-0.15, -0.1) is 0 Å². The van der Waals surface area contributed by atoms with Gasteiger partial charge in [-0.1, -0.05) is 5.16 Å². The number of carboxylic acids is 1. The van der Waals surface area contributed by atoms with E-state index in [2.05, 4.69) is 20.1 Å². The van der Waals surface area contributed by atoms with Crippen LogP contribution in [0.15, 0.2) is 23.0 Å². The lowest BCUT2D eigenvalue weighted by molar-refractivity contribution is 0.0651. The van der Waals surface area contributed by atoms with Gasteiger partial charge >= 0.3 is 5.97 Å². The molecule has 1 atom stereocenters. The monoisotopic (exact) mass is 264 g/mol. The largest absolute Gasteiger partial charge is 0.475 e. The Balaban J connectivity index is 2.06. The highest BCUT2D eigenvalue weighted by atomic mass is 16.5. The second-order valence-corrected chi connectivity index (χ2v) is 4.02. The highest BCUT2D eigenvalue weighted by Gasteiger charge is 2.18. The minimum Gasteiger partial charge on any atom is -0.475 e. The van der Waals surface area contributed by atoms with E-state index < -0.39 is 11.9 Å². The molecule has 8 nitrogen and oxygen atoms in total. The zero-order valence-corrected chi connectivity index (χ0v) is 10.3. The molecule has 2 N–H and O–H groups in total. The van der Waals surface area contributed by atoms with Crippen LogP contribution in [0.1, 0.15) is 39.6 Å². The van der Waals surface area contributed by atoms with E-state index >= 15 is 0 Å². The number of hydrogen-bond donors (Lipinski definition) is 2. The van der Waals surface area contributed by atoms with Crippen LogP contribution in [0.3, 0.4) is 0 Å². The summed E-state index contributed by atoms with van der Waals surface area (Å²) in [5, 5.41) is 18.7. The summed E-state index contributed by atoms with van der Waals surface area (Å²) in [4.78, 5) is 22.4. The zero-order valence-electron chi connectivity index (χ0n) is 10.3. The van der Waals surface area contributed by atoms with Crippen molar-refractivity contribution in [3.05, 3.63) is 35.5 Å². The average Bonchev–Trinajstić information content (AvgIpc) is 2.96. The van der Waals surface area contributed by atoms with E-state index in [1.54, 1.807) is 31.0 Å². The van der Waals surface area contributed by atoms with E-state index in [-0.39, 0.29) is 17.5 Å². The summed E-state index contributed by atoms with van der Waals surface area (Å²) >= 11 is 0. The van der Waals surface area contributed by atoms with Gasteiger partial charge in [0.25, 0.3) is 5.91 Å². The lowest BCUT2D eigenvalue weighted by Crippen LogP contribution is -2.26. The molecule has 0 saturated carbocycles. The summed E-state index contributed by atoms with van der Waals surface area (Å²) in [6, 6.07) is 0.805. The number of carbonyl (C=O) groups is 2. The quantitative estimate of drug-likeness (QED) is 0.836. The molecule has 0 aliphatic heterocycles. The molecular formula is C11H12N4O4. The number of aryl methyl sites for hydroxylation is 1. The van der Waals surface area contributed by atoms with Gasteiger partial charge in [0.15, 0.2) is 5.69 Å². The average molecular weight is 264 g/mol. The summed E-state index contributed by atoms with van der Waals surface area (Å²) in [6.45, 7) is 1.78. The van der Waals surface area contributed by atoms with Crippen molar-refractivity contribution in [3.8, 4) is 0 Å². The minimum absolute atomic E-state index is 0.0758. The number of nitrogens with zero attached hydrogens (tertiary/aromatic N) is 3. The number of hydrogen-bond acceptors (Lipinski definition) is 5. The van der Waals surface area contributed by atoms with Crippen LogP contribution in [0, 0.1) is 0 Å². The molecule has 0 bridgehead atoms. The first-order chi connectivity index (χ1) is 8.97. The lowest BCUT2D eigenvalue weighted by atomic mass is 10.2. The molecule has 19 heavy (non-hydrogen) atoms. The van der Waals surface area contributed by atoms with E-state index in [4.69, 9.17) is 5.11 Å². The van der Waals surface area contributed by atoms with Crippen molar-refractivity contribution in [3.63, 3.8) is 0 Å². The molecule has 0 aliphatic carbocycles. The molecule has 2 aromatic rings. The van der Waals surface area contributed by atoms with E-state index in [1.807, 2.05) is 0 Å². The standard InChI is InChI=1S/C11H12N4O4/c1-6(7-4-12-15(2)5-7)13-10(16)8-3-9(11(17)18)19-14-8/h3-6H,1-2H3,(H,13,16)(H,17,18). The lowest BCUT2D eigenvalue weighted by Gasteiger charge is -2.10. The fourth-order valence-electron chi connectivity index (χ4n) is 1.50. The summed E-state index contributed by atoms with van der Waals surface area (Å²) in [7, 11) is 1.77. The number of carboxylic acid groups (broad SMARTS) is 1. The third kappa shape index (κ3) is 2.79. The van der Waals surface area contributed by atoms with Crippen LogP contribution in [-0.4, -0.2) is 31.9 Å². The topological polar surface area (TPSA) is 110 Å². The third-order valence-corrected chi connectivity index (χ3v) is 2.53. The second-order valence-electron chi connectivity index (χ2n) is 4.02. The van der Waals surface area contributed by atoms with Crippen molar-refractivity contribution in [2.75, 3.05) is 0 Å². The molecule has 2 aromatic heterocycles. The predicted octanol–water partition coefficient (Wildman–Crippen LogP) is 0.597. The fourth-order valence-corrected chi connectivity index (χ4v) is 1.50. The van der Waals surface area contributed by atoms with E-state index in [1.165, 1.54) is 0 Å². The zero-order chi connectivity index (χ0) is 14.0. The first-order valence-corrected chi connectivity index (χ1v) is 5.47. The Labute approximate surface area is 108 Å².